The second-order valence-electron chi connectivity index (χ2n) is 9.57. The van der Waals surface area contributed by atoms with Crippen LogP contribution in [0.3, 0.4) is 0 Å². The van der Waals surface area contributed by atoms with E-state index in [0.717, 1.165) is 28.8 Å². The zero-order chi connectivity index (χ0) is 23.1. The maximum atomic E-state index is 6.19. The van der Waals surface area contributed by atoms with Crippen molar-refractivity contribution in [2.75, 3.05) is 0 Å². The Labute approximate surface area is 195 Å². The van der Waals surface area contributed by atoms with Crippen molar-refractivity contribution in [2.24, 2.45) is 0 Å². The van der Waals surface area contributed by atoms with Gasteiger partial charge >= 0.3 is 7.12 Å². The van der Waals surface area contributed by atoms with E-state index < -0.39 is 7.12 Å². The predicted molar refractivity (Wildman–Crippen MR) is 132 cm³/mol. The molecule has 2 aliphatic rings. The summed E-state index contributed by atoms with van der Waals surface area (Å²) >= 11 is 0. The van der Waals surface area contributed by atoms with Crippen LogP contribution in [0, 0.1) is 0 Å². The van der Waals surface area contributed by atoms with Gasteiger partial charge in [0.25, 0.3) is 0 Å². The average Bonchev–Trinajstić information content (AvgIpc) is 3.07. The maximum Gasteiger partial charge on any atom is 0.494 e. The van der Waals surface area contributed by atoms with Gasteiger partial charge in [0.05, 0.1) is 11.2 Å². The van der Waals surface area contributed by atoms with Crippen LogP contribution in [0.4, 0.5) is 0 Å². The lowest BCUT2D eigenvalue weighted by Gasteiger charge is -2.32. The lowest BCUT2D eigenvalue weighted by molar-refractivity contribution is 0.00578. The summed E-state index contributed by atoms with van der Waals surface area (Å²) in [5.41, 5.74) is 2.16. The standard InChI is InChI=1S/C27H28BN3O2/c1-26(2)27(3,4)33-28(32-26)22-17-15-21(16-18-22)25-30-23(19-11-7-5-8-12-19)29-24(31-25)20-13-9-6-10-14-20/h5-13,15-18,20H,14H2,1-4H3. The van der Waals surface area contributed by atoms with E-state index >= 15 is 0 Å². The fraction of sp³-hybridized carbons (Fsp3) is 0.296. The summed E-state index contributed by atoms with van der Waals surface area (Å²) in [6.07, 6.45) is 9.30. The monoisotopic (exact) mass is 437 g/mol. The Morgan fingerprint density at radius 3 is 1.94 bits per heavy atom. The van der Waals surface area contributed by atoms with Crippen molar-refractivity contribution < 1.29 is 9.31 Å². The van der Waals surface area contributed by atoms with Gasteiger partial charge in [0.15, 0.2) is 11.6 Å². The van der Waals surface area contributed by atoms with Gasteiger partial charge in [0.2, 0.25) is 0 Å². The van der Waals surface area contributed by atoms with Crippen LogP contribution in [0.15, 0.2) is 78.9 Å². The van der Waals surface area contributed by atoms with E-state index in [4.69, 9.17) is 24.3 Å². The van der Waals surface area contributed by atoms with E-state index in [1.807, 2.05) is 54.6 Å². The molecule has 3 aromatic rings. The van der Waals surface area contributed by atoms with Crippen molar-refractivity contribution in [2.45, 2.75) is 51.2 Å². The molecule has 166 valence electrons. The number of aromatic nitrogens is 3. The molecule has 5 rings (SSSR count). The number of nitrogens with zero attached hydrogens (tertiary/aromatic N) is 3. The lowest BCUT2D eigenvalue weighted by atomic mass is 9.79. The molecule has 0 amide bonds. The van der Waals surface area contributed by atoms with Crippen molar-refractivity contribution in [1.29, 1.82) is 0 Å². The number of allylic oxidation sites excluding steroid dienone is 4. The molecule has 1 saturated heterocycles. The molecule has 1 unspecified atom stereocenters. The van der Waals surface area contributed by atoms with Gasteiger partial charge in [0, 0.05) is 17.0 Å². The molecule has 0 saturated carbocycles. The van der Waals surface area contributed by atoms with E-state index in [9.17, 15) is 0 Å². The predicted octanol–water partition coefficient (Wildman–Crippen LogP) is 5.10. The van der Waals surface area contributed by atoms with E-state index in [-0.39, 0.29) is 17.1 Å². The van der Waals surface area contributed by atoms with Gasteiger partial charge in [-0.3, -0.25) is 0 Å². The fourth-order valence-electron chi connectivity index (χ4n) is 3.94. The molecule has 0 radical (unpaired) electrons. The molecule has 0 spiro atoms. The third-order valence-corrected chi connectivity index (χ3v) is 6.69. The molecule has 1 fully saturated rings. The highest BCUT2D eigenvalue weighted by atomic mass is 16.7. The Hall–Kier alpha value is -3.09. The van der Waals surface area contributed by atoms with Crippen LogP contribution in [0.5, 0.6) is 0 Å². The van der Waals surface area contributed by atoms with Crippen LogP contribution in [-0.4, -0.2) is 33.3 Å². The van der Waals surface area contributed by atoms with Gasteiger partial charge in [-0.1, -0.05) is 78.9 Å². The molecule has 2 heterocycles. The summed E-state index contributed by atoms with van der Waals surface area (Å²) in [7, 11) is -0.392. The number of hydrogen-bond acceptors (Lipinski definition) is 5. The van der Waals surface area contributed by atoms with Crippen molar-refractivity contribution in [3.63, 3.8) is 0 Å². The van der Waals surface area contributed by atoms with Gasteiger partial charge in [-0.2, -0.15) is 0 Å². The highest BCUT2D eigenvalue weighted by Gasteiger charge is 2.51. The molecule has 1 aliphatic carbocycles. The minimum atomic E-state index is -0.392. The SMILES string of the molecule is CC1(C)OB(c2ccc(-c3nc(-c4ccccc4)nc(C4C=CC=CC4)n3)cc2)OC1(C)C. The molecule has 0 N–H and O–H groups in total. The lowest BCUT2D eigenvalue weighted by Crippen LogP contribution is -2.41. The second kappa shape index (κ2) is 8.36. The third kappa shape index (κ3) is 4.29. The van der Waals surface area contributed by atoms with E-state index in [0.29, 0.717) is 11.6 Å². The molecule has 2 aromatic carbocycles. The highest BCUT2D eigenvalue weighted by Crippen LogP contribution is 2.36. The van der Waals surface area contributed by atoms with Crippen molar-refractivity contribution >= 4 is 12.6 Å². The van der Waals surface area contributed by atoms with Crippen LogP contribution < -0.4 is 5.46 Å². The summed E-state index contributed by atoms with van der Waals surface area (Å²) in [6.45, 7) is 8.25. The topological polar surface area (TPSA) is 57.1 Å². The number of rotatable bonds is 4. The minimum Gasteiger partial charge on any atom is -0.399 e. The molecule has 5 nitrogen and oxygen atoms in total. The van der Waals surface area contributed by atoms with Crippen LogP contribution in [0.2, 0.25) is 0 Å². The molecular formula is C27H28BN3O2. The zero-order valence-corrected chi connectivity index (χ0v) is 19.5. The Kier molecular flexibility index (Phi) is 5.51. The Morgan fingerprint density at radius 1 is 0.758 bits per heavy atom. The van der Waals surface area contributed by atoms with Crippen molar-refractivity contribution in [3.8, 4) is 22.8 Å². The Balaban J connectivity index is 1.49. The van der Waals surface area contributed by atoms with Crippen LogP contribution in [0.25, 0.3) is 22.8 Å². The fourth-order valence-corrected chi connectivity index (χ4v) is 3.94. The molecule has 33 heavy (non-hydrogen) atoms. The first-order chi connectivity index (χ1) is 15.8. The summed E-state index contributed by atoms with van der Waals surface area (Å²) < 4.78 is 12.4. The van der Waals surface area contributed by atoms with Crippen LogP contribution >= 0.6 is 0 Å². The normalized spacial score (nSPS) is 20.8. The first-order valence-electron chi connectivity index (χ1n) is 11.4. The zero-order valence-electron chi connectivity index (χ0n) is 19.5. The molecule has 6 heteroatoms. The largest absolute Gasteiger partial charge is 0.494 e. The first-order valence-corrected chi connectivity index (χ1v) is 11.4. The summed E-state index contributed by atoms with van der Waals surface area (Å²) in [5, 5.41) is 0. The van der Waals surface area contributed by atoms with Gasteiger partial charge in [-0.25, -0.2) is 15.0 Å². The van der Waals surface area contributed by atoms with E-state index in [1.165, 1.54) is 0 Å². The van der Waals surface area contributed by atoms with Crippen molar-refractivity contribution in [3.05, 3.63) is 84.7 Å². The van der Waals surface area contributed by atoms with E-state index in [2.05, 4.69) is 52.0 Å². The minimum absolute atomic E-state index is 0.142. The molecule has 1 aromatic heterocycles. The average molecular weight is 437 g/mol. The third-order valence-electron chi connectivity index (χ3n) is 6.69. The summed E-state index contributed by atoms with van der Waals surface area (Å²) in [4.78, 5) is 14.5. The Morgan fingerprint density at radius 2 is 1.36 bits per heavy atom. The molecule has 0 bridgehead atoms. The number of benzene rings is 2. The van der Waals surface area contributed by atoms with Gasteiger partial charge < -0.3 is 9.31 Å². The summed E-state index contributed by atoms with van der Waals surface area (Å²) in [5.74, 6) is 2.29. The molecular weight excluding hydrogens is 409 g/mol. The van der Waals surface area contributed by atoms with E-state index in [1.54, 1.807) is 0 Å². The highest BCUT2D eigenvalue weighted by molar-refractivity contribution is 6.62. The van der Waals surface area contributed by atoms with Gasteiger partial charge in [-0.05, 0) is 39.6 Å². The summed E-state index contributed by atoms with van der Waals surface area (Å²) in [6, 6.07) is 18.2. The quantitative estimate of drug-likeness (QED) is 0.532. The maximum absolute atomic E-state index is 6.19. The second-order valence-corrected chi connectivity index (χ2v) is 9.57. The smallest absolute Gasteiger partial charge is 0.399 e. The van der Waals surface area contributed by atoms with Gasteiger partial charge in [-0.15, -0.1) is 0 Å². The van der Waals surface area contributed by atoms with Crippen molar-refractivity contribution in [1.82, 2.24) is 15.0 Å². The van der Waals surface area contributed by atoms with Gasteiger partial charge in [0.1, 0.15) is 5.82 Å². The van der Waals surface area contributed by atoms with Crippen LogP contribution in [0.1, 0.15) is 45.9 Å². The Bertz CT molecular complexity index is 1190. The first kappa shape index (κ1) is 21.7. The number of hydrogen-bond donors (Lipinski definition) is 0. The van der Waals surface area contributed by atoms with Crippen LogP contribution in [-0.2, 0) is 9.31 Å². The molecule has 1 aliphatic heterocycles. The molecule has 1 atom stereocenters.